The largest absolute Gasteiger partial charge is 0.481 e. The van der Waals surface area contributed by atoms with Crippen LogP contribution in [0.4, 0.5) is 0 Å². The molecule has 0 radical (unpaired) electrons. The van der Waals surface area contributed by atoms with Gasteiger partial charge in [0.1, 0.15) is 6.10 Å². The van der Waals surface area contributed by atoms with Crippen LogP contribution >= 0.6 is 0 Å². The maximum absolute atomic E-state index is 13.5. The van der Waals surface area contributed by atoms with Crippen molar-refractivity contribution in [2.75, 3.05) is 31.1 Å². The van der Waals surface area contributed by atoms with Gasteiger partial charge in [-0.25, -0.2) is 8.42 Å². The zero-order chi connectivity index (χ0) is 39.6. The molecule has 0 unspecified atom stereocenters. The van der Waals surface area contributed by atoms with Crippen molar-refractivity contribution in [3.8, 4) is 0 Å². The van der Waals surface area contributed by atoms with E-state index in [0.717, 1.165) is 38.6 Å². The third-order valence-corrected chi connectivity index (χ3v) is 20.3. The van der Waals surface area contributed by atoms with Crippen molar-refractivity contribution in [2.45, 2.75) is 150 Å². The molecule has 6 saturated carbocycles. The Kier molecular flexibility index (Phi) is 10.0. The molecule has 4 N–H and O–H groups in total. The van der Waals surface area contributed by atoms with Gasteiger partial charge in [0.15, 0.2) is 9.84 Å². The van der Waals surface area contributed by atoms with E-state index in [1.54, 1.807) is 0 Å². The Morgan fingerprint density at radius 3 is 2.13 bits per heavy atom. The summed E-state index contributed by atoms with van der Waals surface area (Å²) in [6.07, 6.45) is 11.1. The summed E-state index contributed by atoms with van der Waals surface area (Å²) in [7, 11) is -2.96. The number of carboxylic acid groups (broad SMARTS) is 1. The Morgan fingerprint density at radius 1 is 0.870 bits per heavy atom. The van der Waals surface area contributed by atoms with Gasteiger partial charge in [0, 0.05) is 42.7 Å². The number of sulfone groups is 1. The lowest BCUT2D eigenvalue weighted by Crippen LogP contribution is -2.69. The number of nitrogens with one attached hydrogen (secondary N) is 1. The molecule has 306 valence electrons. The topological polar surface area (TPSA) is 139 Å². The van der Waals surface area contributed by atoms with Crippen molar-refractivity contribution in [1.29, 1.82) is 0 Å². The third kappa shape index (κ3) is 6.01. The van der Waals surface area contributed by atoms with Gasteiger partial charge in [0.25, 0.3) is 0 Å². The van der Waals surface area contributed by atoms with Gasteiger partial charge in [0.2, 0.25) is 0 Å². The van der Waals surface area contributed by atoms with Gasteiger partial charge in [-0.2, -0.15) is 0 Å². The van der Waals surface area contributed by atoms with Crippen LogP contribution in [-0.4, -0.2) is 85.2 Å². The molecule has 0 spiro atoms. The minimum atomic E-state index is -2.96. The maximum Gasteiger partial charge on any atom is 0.310 e. The monoisotopic (exact) mass is 772 g/mol. The minimum Gasteiger partial charge on any atom is -0.481 e. The van der Waals surface area contributed by atoms with Crippen molar-refractivity contribution in [3.05, 3.63) is 12.2 Å². The molecule has 0 aromatic carbocycles. The van der Waals surface area contributed by atoms with Crippen LogP contribution in [0.1, 0.15) is 127 Å². The predicted molar refractivity (Wildman–Crippen MR) is 213 cm³/mol. The van der Waals surface area contributed by atoms with Crippen molar-refractivity contribution in [2.24, 2.45) is 74.2 Å². The SMILES string of the molecule is C=C(C)[C@@H]1CC[C@]2(NC[C@H]([C@@H](C)N)N3CCS(=O)(=O)CC3)CC[C@]3(C)[C@H](CC[C@@H]4[C@@]5(C)CC[C@H](OC(=O)[C@@H]6[C@H](C(=O)O)C6(C)C)C(C)(C)[C@@H]5CC[C@]43C)[C@@H]12. The summed E-state index contributed by atoms with van der Waals surface area (Å²) in [5.41, 5.74) is 7.76. The average molecular weight is 772 g/mol. The molecule has 1 saturated heterocycles. The number of carbonyl (C=O) groups excluding carboxylic acids is 1. The Hall–Kier alpha value is -1.49. The molecule has 0 aromatic rings. The van der Waals surface area contributed by atoms with Gasteiger partial charge in [0.05, 0.1) is 23.3 Å². The van der Waals surface area contributed by atoms with E-state index in [9.17, 15) is 23.1 Å². The standard InChI is InChI=1S/C44H73N3O6S/c1-26(2)28-13-18-44(46-25-30(27(3)45)47-21-23-54(51,52)24-22-47)20-19-42(9)29(34(28)44)11-12-32-41(8)16-15-33(39(4,5)31(41)14-17-43(32,42)10)53-38(50)36-35(37(48)49)40(36,6)7/h27-36,46H,1,11-25,45H2,2-10H3,(H,48,49)/t27-,28+,29-,30-,31+,32-,33+,34-,35-,36+,41+,42-,43-,44+/m1/s1. The summed E-state index contributed by atoms with van der Waals surface area (Å²) < 4.78 is 30.9. The van der Waals surface area contributed by atoms with Gasteiger partial charge in [-0.15, -0.1) is 0 Å². The van der Waals surface area contributed by atoms with Gasteiger partial charge in [-0.3, -0.25) is 14.5 Å². The van der Waals surface area contributed by atoms with Crippen LogP contribution in [0.5, 0.6) is 0 Å². The molecule has 10 heteroatoms. The van der Waals surface area contributed by atoms with Crippen LogP contribution in [0.15, 0.2) is 12.2 Å². The minimum absolute atomic E-state index is 0.0345. The second kappa shape index (κ2) is 13.3. The van der Waals surface area contributed by atoms with Gasteiger partial charge < -0.3 is 20.9 Å². The molecule has 7 rings (SSSR count). The van der Waals surface area contributed by atoms with Crippen LogP contribution in [0.2, 0.25) is 0 Å². The van der Waals surface area contributed by atoms with E-state index in [-0.39, 0.29) is 62.9 Å². The number of esters is 1. The maximum atomic E-state index is 13.5. The number of carboxylic acids is 1. The van der Waals surface area contributed by atoms with E-state index in [2.05, 4.69) is 65.3 Å². The molecule has 0 bridgehead atoms. The fourth-order valence-electron chi connectivity index (χ4n) is 15.4. The quantitative estimate of drug-likeness (QED) is 0.173. The number of nitrogens with two attached hydrogens (primary N) is 1. The molecule has 0 aromatic heterocycles. The molecule has 1 heterocycles. The van der Waals surface area contributed by atoms with E-state index in [0.29, 0.717) is 42.7 Å². The number of carbonyl (C=O) groups is 2. The summed E-state index contributed by atoms with van der Waals surface area (Å²) in [5.74, 6) is 0.598. The van der Waals surface area contributed by atoms with Gasteiger partial charge in [-0.1, -0.05) is 60.6 Å². The predicted octanol–water partition coefficient (Wildman–Crippen LogP) is 6.70. The van der Waals surface area contributed by atoms with Crippen molar-refractivity contribution in [1.82, 2.24) is 10.2 Å². The fraction of sp³-hybridized carbons (Fsp3) is 0.909. The van der Waals surface area contributed by atoms with E-state index in [1.807, 2.05) is 13.8 Å². The highest BCUT2D eigenvalue weighted by Crippen LogP contribution is 2.76. The Balaban J connectivity index is 1.11. The summed E-state index contributed by atoms with van der Waals surface area (Å²) in [6, 6.07) is 0.0408. The molecular weight excluding hydrogens is 699 g/mol. The van der Waals surface area contributed by atoms with Crippen LogP contribution in [0.25, 0.3) is 0 Å². The summed E-state index contributed by atoms with van der Waals surface area (Å²) in [4.78, 5) is 27.7. The molecule has 0 amide bonds. The lowest BCUT2D eigenvalue weighted by molar-refractivity contribution is -0.246. The second-order valence-corrected chi connectivity index (χ2v) is 24.0. The number of rotatable bonds is 9. The average Bonchev–Trinajstić information content (AvgIpc) is 3.45. The highest BCUT2D eigenvalue weighted by atomic mass is 32.2. The molecule has 54 heavy (non-hydrogen) atoms. The lowest BCUT2D eigenvalue weighted by atomic mass is 9.32. The highest BCUT2D eigenvalue weighted by Gasteiger charge is 2.72. The van der Waals surface area contributed by atoms with E-state index in [4.69, 9.17) is 10.5 Å². The molecular formula is C44H73N3O6S. The normalized spacial score (nSPS) is 47.1. The summed E-state index contributed by atoms with van der Waals surface area (Å²) >= 11 is 0. The smallest absolute Gasteiger partial charge is 0.310 e. The summed E-state index contributed by atoms with van der Waals surface area (Å²) in [6.45, 7) is 27.1. The molecule has 9 nitrogen and oxygen atoms in total. The number of hydrogen-bond acceptors (Lipinski definition) is 8. The highest BCUT2D eigenvalue weighted by molar-refractivity contribution is 7.91. The molecule has 7 aliphatic rings. The second-order valence-electron chi connectivity index (χ2n) is 21.7. The molecule has 14 atom stereocenters. The zero-order valence-electron chi connectivity index (χ0n) is 35.0. The van der Waals surface area contributed by atoms with E-state index < -0.39 is 33.1 Å². The van der Waals surface area contributed by atoms with Gasteiger partial charge >= 0.3 is 11.9 Å². The Labute approximate surface area is 326 Å². The first kappa shape index (κ1) is 40.7. The number of hydrogen-bond donors (Lipinski definition) is 3. The molecule has 6 aliphatic carbocycles. The fourth-order valence-corrected chi connectivity index (χ4v) is 16.6. The number of nitrogens with zero attached hydrogens (tertiary/aromatic N) is 1. The van der Waals surface area contributed by atoms with Crippen LogP contribution < -0.4 is 11.1 Å². The lowest BCUT2D eigenvalue weighted by Gasteiger charge is -2.73. The van der Waals surface area contributed by atoms with Crippen molar-refractivity contribution < 1.29 is 27.9 Å². The van der Waals surface area contributed by atoms with E-state index in [1.165, 1.54) is 37.7 Å². The first-order valence-corrected chi connectivity index (χ1v) is 23.3. The van der Waals surface area contributed by atoms with E-state index >= 15 is 0 Å². The third-order valence-electron chi connectivity index (χ3n) is 18.7. The number of fused-ring (bicyclic) bond motifs is 7. The Bertz CT molecular complexity index is 1630. The van der Waals surface area contributed by atoms with Crippen molar-refractivity contribution in [3.63, 3.8) is 0 Å². The number of allylic oxidation sites excluding steroid dienone is 1. The van der Waals surface area contributed by atoms with Gasteiger partial charge in [-0.05, 0) is 129 Å². The van der Waals surface area contributed by atoms with Crippen LogP contribution in [0.3, 0.4) is 0 Å². The first-order valence-electron chi connectivity index (χ1n) is 21.5. The molecule has 1 aliphatic heterocycles. The Morgan fingerprint density at radius 2 is 1.54 bits per heavy atom. The van der Waals surface area contributed by atoms with Crippen LogP contribution in [0, 0.1) is 68.5 Å². The summed E-state index contributed by atoms with van der Waals surface area (Å²) in [5, 5.41) is 14.0. The van der Waals surface area contributed by atoms with Crippen molar-refractivity contribution >= 4 is 21.8 Å². The number of aliphatic carboxylic acids is 1. The number of ether oxygens (including phenoxy) is 1. The zero-order valence-corrected chi connectivity index (χ0v) is 35.8. The molecule has 7 fully saturated rings. The first-order chi connectivity index (χ1) is 25.0. The van der Waals surface area contributed by atoms with Crippen LogP contribution in [-0.2, 0) is 24.2 Å².